The van der Waals surface area contributed by atoms with Crippen LogP contribution in [-0.2, 0) is 14.3 Å². The highest BCUT2D eigenvalue weighted by Crippen LogP contribution is 2.72. The molecule has 2 aliphatic carbocycles. The van der Waals surface area contributed by atoms with Crippen molar-refractivity contribution in [2.75, 3.05) is 0 Å². The summed E-state index contributed by atoms with van der Waals surface area (Å²) in [5.74, 6) is -0.00324. The molecule has 0 bridgehead atoms. The van der Waals surface area contributed by atoms with Crippen LogP contribution in [0.3, 0.4) is 0 Å². The lowest BCUT2D eigenvalue weighted by Crippen LogP contribution is -2.52. The van der Waals surface area contributed by atoms with Crippen LogP contribution in [-0.4, -0.2) is 23.3 Å². The van der Waals surface area contributed by atoms with Gasteiger partial charge in [0.05, 0.1) is 5.60 Å². The fourth-order valence-electron chi connectivity index (χ4n) is 5.03. The van der Waals surface area contributed by atoms with Crippen LogP contribution in [0.5, 0.6) is 0 Å². The molecule has 0 amide bonds. The average molecular weight is 248 g/mol. The van der Waals surface area contributed by atoms with Gasteiger partial charge < -0.3 is 9.47 Å². The van der Waals surface area contributed by atoms with Crippen molar-refractivity contribution in [1.82, 2.24) is 0 Å². The van der Waals surface area contributed by atoms with E-state index in [4.69, 9.17) is 9.47 Å². The number of hydrogen-bond donors (Lipinski definition) is 0. The highest BCUT2D eigenvalue weighted by molar-refractivity contribution is 5.91. The molecule has 4 rings (SSSR count). The van der Waals surface area contributed by atoms with Gasteiger partial charge in [0.15, 0.2) is 0 Å². The minimum absolute atomic E-state index is 0.0175. The minimum Gasteiger partial charge on any atom is -0.458 e. The lowest BCUT2D eigenvalue weighted by molar-refractivity contribution is -0.143. The third kappa shape index (κ3) is 1.00. The Hall–Kier alpha value is -0.830. The summed E-state index contributed by atoms with van der Waals surface area (Å²) >= 11 is 0. The van der Waals surface area contributed by atoms with Gasteiger partial charge in [0, 0.05) is 16.9 Å². The molecule has 5 atom stereocenters. The summed E-state index contributed by atoms with van der Waals surface area (Å²) < 4.78 is 11.7. The van der Waals surface area contributed by atoms with Crippen LogP contribution in [0, 0.1) is 11.3 Å². The zero-order valence-electron chi connectivity index (χ0n) is 11.1. The molecule has 3 heteroatoms. The van der Waals surface area contributed by atoms with Crippen LogP contribution in [0.4, 0.5) is 0 Å². The van der Waals surface area contributed by atoms with E-state index in [0.29, 0.717) is 5.57 Å². The summed E-state index contributed by atoms with van der Waals surface area (Å²) in [6.07, 6.45) is 5.48. The van der Waals surface area contributed by atoms with E-state index >= 15 is 0 Å². The maximum absolute atomic E-state index is 11.7. The van der Waals surface area contributed by atoms with Gasteiger partial charge >= 0.3 is 5.97 Å². The molecule has 0 aromatic carbocycles. The first-order chi connectivity index (χ1) is 8.41. The van der Waals surface area contributed by atoms with Crippen molar-refractivity contribution >= 4 is 5.97 Å². The molecule has 0 N–H and O–H groups in total. The van der Waals surface area contributed by atoms with Crippen molar-refractivity contribution in [3.8, 4) is 0 Å². The Morgan fingerprint density at radius 2 is 2.06 bits per heavy atom. The molecule has 18 heavy (non-hydrogen) atoms. The lowest BCUT2D eigenvalue weighted by Gasteiger charge is -2.48. The van der Waals surface area contributed by atoms with Crippen molar-refractivity contribution in [2.24, 2.45) is 11.3 Å². The number of epoxide rings is 1. The number of carbonyl (C=O) groups is 1. The number of ether oxygens (including phenoxy) is 2. The molecule has 2 heterocycles. The fourth-order valence-corrected chi connectivity index (χ4v) is 5.03. The summed E-state index contributed by atoms with van der Waals surface area (Å²) in [6.45, 7) is 8.49. The summed E-state index contributed by atoms with van der Waals surface area (Å²) in [6, 6.07) is 0. The van der Waals surface area contributed by atoms with Gasteiger partial charge in [-0.3, -0.25) is 0 Å². The number of hydrogen-bond acceptors (Lipinski definition) is 3. The second-order valence-corrected chi connectivity index (χ2v) is 7.06. The van der Waals surface area contributed by atoms with Gasteiger partial charge in [0.25, 0.3) is 0 Å². The van der Waals surface area contributed by atoms with Gasteiger partial charge in [0.2, 0.25) is 0 Å². The summed E-state index contributed by atoms with van der Waals surface area (Å²) in [5, 5.41) is 0. The first-order valence-electron chi connectivity index (χ1n) is 7.01. The van der Waals surface area contributed by atoms with Crippen LogP contribution in [0.25, 0.3) is 0 Å². The van der Waals surface area contributed by atoms with Crippen LogP contribution in [0.1, 0.15) is 46.0 Å². The second-order valence-electron chi connectivity index (χ2n) is 7.06. The zero-order chi connectivity index (χ0) is 12.8. The molecule has 0 unspecified atom stereocenters. The zero-order valence-corrected chi connectivity index (χ0v) is 11.1. The molecule has 1 spiro atoms. The van der Waals surface area contributed by atoms with E-state index in [2.05, 4.69) is 20.4 Å². The van der Waals surface area contributed by atoms with E-state index in [1.165, 1.54) is 12.8 Å². The normalized spacial score (nSPS) is 57.4. The largest absolute Gasteiger partial charge is 0.458 e. The van der Waals surface area contributed by atoms with Crippen LogP contribution < -0.4 is 0 Å². The first kappa shape index (κ1) is 11.0. The predicted molar refractivity (Wildman–Crippen MR) is 65.9 cm³/mol. The van der Waals surface area contributed by atoms with Crippen molar-refractivity contribution in [3.05, 3.63) is 12.2 Å². The van der Waals surface area contributed by atoms with Crippen LogP contribution >= 0.6 is 0 Å². The maximum atomic E-state index is 11.7. The van der Waals surface area contributed by atoms with E-state index in [-0.39, 0.29) is 34.6 Å². The SMILES string of the molecule is C=C1C(=O)O[C@@H]2C[C@@]3(C)CCC[C@]4(C)O[C@]34C[C@H]12. The number of carbonyl (C=O) groups excluding carboxylic acids is 1. The Labute approximate surface area is 108 Å². The standard InChI is InChI=1S/C15H20O3/c1-9-10-7-15-13(2,8-11(10)17-12(9)16)5-4-6-14(15,3)18-15/h10-11H,1,4-8H2,2-3H3/t10-,11-,13-,14+,15-/m1/s1. The Kier molecular flexibility index (Phi) is 1.74. The molecule has 2 saturated carbocycles. The third-order valence-electron chi connectivity index (χ3n) is 6.15. The molecular formula is C15H20O3. The molecule has 0 radical (unpaired) electrons. The molecule has 2 saturated heterocycles. The van der Waals surface area contributed by atoms with E-state index in [9.17, 15) is 4.79 Å². The molecule has 0 aromatic heterocycles. The smallest absolute Gasteiger partial charge is 0.334 e. The quantitative estimate of drug-likeness (QED) is 0.376. The summed E-state index contributed by atoms with van der Waals surface area (Å²) in [5.41, 5.74) is 0.860. The van der Waals surface area contributed by atoms with Crippen molar-refractivity contribution in [2.45, 2.75) is 63.3 Å². The molecule has 3 nitrogen and oxygen atoms in total. The molecule has 4 fully saturated rings. The van der Waals surface area contributed by atoms with Gasteiger partial charge in [-0.1, -0.05) is 13.5 Å². The Balaban J connectivity index is 1.74. The first-order valence-corrected chi connectivity index (χ1v) is 7.01. The Bertz CT molecular complexity index is 470. The second kappa shape index (κ2) is 2.84. The Morgan fingerprint density at radius 1 is 1.28 bits per heavy atom. The van der Waals surface area contributed by atoms with E-state index in [1.54, 1.807) is 0 Å². The van der Waals surface area contributed by atoms with Crippen LogP contribution in [0.15, 0.2) is 12.2 Å². The predicted octanol–water partition coefficient (Wildman–Crippen LogP) is 2.60. The molecule has 4 aliphatic rings. The maximum Gasteiger partial charge on any atom is 0.334 e. The summed E-state index contributed by atoms with van der Waals surface area (Å²) in [7, 11) is 0. The number of esters is 1. The average Bonchev–Trinajstić information content (AvgIpc) is 2.82. The fraction of sp³-hybridized carbons (Fsp3) is 0.800. The topological polar surface area (TPSA) is 38.8 Å². The van der Waals surface area contributed by atoms with Gasteiger partial charge in [-0.25, -0.2) is 4.79 Å². The van der Waals surface area contributed by atoms with Crippen molar-refractivity contribution in [1.29, 1.82) is 0 Å². The highest BCUT2D eigenvalue weighted by Gasteiger charge is 2.78. The third-order valence-corrected chi connectivity index (χ3v) is 6.15. The number of fused-ring (bicyclic) bond motifs is 1. The van der Waals surface area contributed by atoms with Gasteiger partial charge in [-0.15, -0.1) is 0 Å². The highest BCUT2D eigenvalue weighted by atomic mass is 16.6. The van der Waals surface area contributed by atoms with Gasteiger partial charge in [0.1, 0.15) is 11.7 Å². The number of rotatable bonds is 0. The molecule has 0 aromatic rings. The summed E-state index contributed by atoms with van der Waals surface area (Å²) in [4.78, 5) is 11.7. The molecular weight excluding hydrogens is 228 g/mol. The van der Waals surface area contributed by atoms with Crippen molar-refractivity contribution in [3.63, 3.8) is 0 Å². The van der Waals surface area contributed by atoms with Crippen LogP contribution in [0.2, 0.25) is 0 Å². The minimum atomic E-state index is -0.189. The van der Waals surface area contributed by atoms with Crippen molar-refractivity contribution < 1.29 is 14.3 Å². The van der Waals surface area contributed by atoms with E-state index < -0.39 is 0 Å². The monoisotopic (exact) mass is 248 g/mol. The van der Waals surface area contributed by atoms with E-state index in [0.717, 1.165) is 19.3 Å². The Morgan fingerprint density at radius 3 is 2.83 bits per heavy atom. The van der Waals surface area contributed by atoms with E-state index in [1.807, 2.05) is 0 Å². The lowest BCUT2D eigenvalue weighted by atomic mass is 9.54. The molecule has 98 valence electrons. The molecule has 2 aliphatic heterocycles. The van der Waals surface area contributed by atoms with Gasteiger partial charge in [-0.05, 0) is 39.0 Å². The van der Waals surface area contributed by atoms with Gasteiger partial charge in [-0.2, -0.15) is 0 Å².